The largest absolute Gasteiger partial charge is 0.340 e. The lowest BCUT2D eigenvalue weighted by molar-refractivity contribution is -0.132. The summed E-state index contributed by atoms with van der Waals surface area (Å²) in [7, 11) is 4.02. The maximum absolute atomic E-state index is 12.4. The molecule has 0 unspecified atom stereocenters. The SMILES string of the molecule is CCCN(CCN(C)C)C(=O)[C@H](N)Cc1ccccc1. The van der Waals surface area contributed by atoms with Gasteiger partial charge in [0.25, 0.3) is 0 Å². The van der Waals surface area contributed by atoms with Gasteiger partial charge >= 0.3 is 0 Å². The number of likely N-dealkylation sites (N-methyl/N-ethyl adjacent to an activating group) is 1. The van der Waals surface area contributed by atoms with Crippen LogP contribution < -0.4 is 5.73 Å². The van der Waals surface area contributed by atoms with Crippen molar-refractivity contribution in [1.29, 1.82) is 0 Å². The molecule has 0 aliphatic carbocycles. The Morgan fingerprint density at radius 2 is 1.80 bits per heavy atom. The summed E-state index contributed by atoms with van der Waals surface area (Å²) >= 11 is 0. The van der Waals surface area contributed by atoms with E-state index in [0.29, 0.717) is 6.42 Å². The van der Waals surface area contributed by atoms with Crippen LogP contribution in [0.15, 0.2) is 30.3 Å². The molecule has 0 spiro atoms. The Labute approximate surface area is 122 Å². The van der Waals surface area contributed by atoms with Crippen molar-refractivity contribution in [3.63, 3.8) is 0 Å². The van der Waals surface area contributed by atoms with Gasteiger partial charge in [-0.2, -0.15) is 0 Å². The summed E-state index contributed by atoms with van der Waals surface area (Å²) in [5.41, 5.74) is 7.19. The molecular formula is C16H27N3O. The van der Waals surface area contributed by atoms with Gasteiger partial charge in [-0.05, 0) is 32.5 Å². The fraction of sp³-hybridized carbons (Fsp3) is 0.562. The summed E-state index contributed by atoms with van der Waals surface area (Å²) in [6.07, 6.45) is 1.55. The zero-order valence-electron chi connectivity index (χ0n) is 12.9. The molecule has 0 aliphatic heterocycles. The number of hydrogen-bond acceptors (Lipinski definition) is 3. The van der Waals surface area contributed by atoms with E-state index in [1.807, 2.05) is 49.3 Å². The first-order valence-corrected chi connectivity index (χ1v) is 7.27. The van der Waals surface area contributed by atoms with Gasteiger partial charge in [0.1, 0.15) is 0 Å². The fourth-order valence-corrected chi connectivity index (χ4v) is 2.11. The Balaban J connectivity index is 2.58. The molecule has 1 amide bonds. The standard InChI is InChI=1S/C16H27N3O/c1-4-10-19(12-11-18(2)3)16(20)15(17)13-14-8-6-5-7-9-14/h5-9,15H,4,10-13,17H2,1-3H3/t15-/m1/s1. The van der Waals surface area contributed by atoms with Gasteiger partial charge in [-0.25, -0.2) is 0 Å². The van der Waals surface area contributed by atoms with Crippen LogP contribution in [0, 0.1) is 0 Å². The average molecular weight is 277 g/mol. The summed E-state index contributed by atoms with van der Waals surface area (Å²) < 4.78 is 0. The van der Waals surface area contributed by atoms with Crippen molar-refractivity contribution in [3.8, 4) is 0 Å². The van der Waals surface area contributed by atoms with Gasteiger partial charge in [0.15, 0.2) is 0 Å². The molecule has 0 fully saturated rings. The first kappa shape index (κ1) is 16.7. The Hall–Kier alpha value is -1.39. The third-order valence-electron chi connectivity index (χ3n) is 3.24. The lowest BCUT2D eigenvalue weighted by Crippen LogP contribution is -2.47. The summed E-state index contributed by atoms with van der Waals surface area (Å²) in [5, 5.41) is 0. The van der Waals surface area contributed by atoms with Crippen molar-refractivity contribution in [2.24, 2.45) is 5.73 Å². The van der Waals surface area contributed by atoms with Crippen LogP contribution >= 0.6 is 0 Å². The van der Waals surface area contributed by atoms with E-state index in [9.17, 15) is 4.79 Å². The van der Waals surface area contributed by atoms with Gasteiger partial charge < -0.3 is 15.5 Å². The van der Waals surface area contributed by atoms with E-state index < -0.39 is 6.04 Å². The third kappa shape index (κ3) is 5.72. The number of amides is 1. The van der Waals surface area contributed by atoms with Gasteiger partial charge in [0.2, 0.25) is 5.91 Å². The quantitative estimate of drug-likeness (QED) is 0.780. The Morgan fingerprint density at radius 3 is 2.35 bits per heavy atom. The molecule has 0 saturated carbocycles. The van der Waals surface area contributed by atoms with Gasteiger partial charge in [-0.3, -0.25) is 4.79 Å². The highest BCUT2D eigenvalue weighted by molar-refractivity contribution is 5.82. The molecule has 1 atom stereocenters. The second kappa shape index (κ2) is 8.72. The summed E-state index contributed by atoms with van der Waals surface area (Å²) in [6, 6.07) is 9.49. The zero-order chi connectivity index (χ0) is 15.0. The molecule has 0 aromatic heterocycles. The lowest BCUT2D eigenvalue weighted by Gasteiger charge is -2.26. The van der Waals surface area contributed by atoms with Gasteiger partial charge in [-0.1, -0.05) is 37.3 Å². The first-order chi connectivity index (χ1) is 9.54. The van der Waals surface area contributed by atoms with Crippen molar-refractivity contribution in [2.75, 3.05) is 33.7 Å². The number of nitrogens with two attached hydrogens (primary N) is 1. The second-order valence-electron chi connectivity index (χ2n) is 5.42. The predicted molar refractivity (Wildman–Crippen MR) is 83.5 cm³/mol. The van der Waals surface area contributed by atoms with E-state index in [2.05, 4.69) is 11.8 Å². The van der Waals surface area contributed by atoms with Crippen LogP contribution in [0.1, 0.15) is 18.9 Å². The molecule has 1 aromatic carbocycles. The van der Waals surface area contributed by atoms with Gasteiger partial charge in [0, 0.05) is 19.6 Å². The van der Waals surface area contributed by atoms with Crippen molar-refractivity contribution in [1.82, 2.24) is 9.80 Å². The highest BCUT2D eigenvalue weighted by Gasteiger charge is 2.20. The van der Waals surface area contributed by atoms with Crippen LogP contribution in [0.3, 0.4) is 0 Å². The number of benzene rings is 1. The molecule has 0 heterocycles. The van der Waals surface area contributed by atoms with Crippen molar-refractivity contribution >= 4 is 5.91 Å². The average Bonchev–Trinajstić information content (AvgIpc) is 2.43. The van der Waals surface area contributed by atoms with Crippen LogP contribution in [0.25, 0.3) is 0 Å². The number of carbonyl (C=O) groups is 1. The molecule has 0 bridgehead atoms. The van der Waals surface area contributed by atoms with E-state index in [1.165, 1.54) is 0 Å². The number of hydrogen-bond donors (Lipinski definition) is 1. The minimum Gasteiger partial charge on any atom is -0.340 e. The van der Waals surface area contributed by atoms with Crippen LogP contribution in [0.2, 0.25) is 0 Å². The smallest absolute Gasteiger partial charge is 0.239 e. The zero-order valence-corrected chi connectivity index (χ0v) is 12.9. The Kier molecular flexibility index (Phi) is 7.26. The molecule has 4 heteroatoms. The van der Waals surface area contributed by atoms with Gasteiger partial charge in [-0.15, -0.1) is 0 Å². The molecule has 1 aromatic rings. The van der Waals surface area contributed by atoms with Crippen LogP contribution in [-0.4, -0.2) is 55.5 Å². The molecule has 0 aliphatic rings. The number of nitrogens with zero attached hydrogens (tertiary/aromatic N) is 2. The van der Waals surface area contributed by atoms with Crippen molar-refractivity contribution in [3.05, 3.63) is 35.9 Å². The molecule has 0 saturated heterocycles. The third-order valence-corrected chi connectivity index (χ3v) is 3.24. The molecule has 1 rings (SSSR count). The normalized spacial score (nSPS) is 12.4. The minimum atomic E-state index is -0.453. The minimum absolute atomic E-state index is 0.0533. The summed E-state index contributed by atoms with van der Waals surface area (Å²) in [6.45, 7) is 4.46. The number of rotatable bonds is 8. The van der Waals surface area contributed by atoms with Crippen LogP contribution in [0.5, 0.6) is 0 Å². The maximum atomic E-state index is 12.4. The molecular weight excluding hydrogens is 250 g/mol. The lowest BCUT2D eigenvalue weighted by atomic mass is 10.1. The fourth-order valence-electron chi connectivity index (χ4n) is 2.11. The van der Waals surface area contributed by atoms with Gasteiger partial charge in [0.05, 0.1) is 6.04 Å². The molecule has 4 nitrogen and oxygen atoms in total. The monoisotopic (exact) mass is 277 g/mol. The summed E-state index contributed by atoms with van der Waals surface area (Å²) in [5.74, 6) is 0.0533. The van der Waals surface area contributed by atoms with E-state index in [0.717, 1.165) is 31.6 Å². The van der Waals surface area contributed by atoms with Crippen molar-refractivity contribution in [2.45, 2.75) is 25.8 Å². The molecule has 112 valence electrons. The molecule has 20 heavy (non-hydrogen) atoms. The predicted octanol–water partition coefficient (Wildman–Crippen LogP) is 1.36. The van der Waals surface area contributed by atoms with Crippen LogP contribution in [0.4, 0.5) is 0 Å². The second-order valence-corrected chi connectivity index (χ2v) is 5.42. The van der Waals surface area contributed by atoms with E-state index in [-0.39, 0.29) is 5.91 Å². The first-order valence-electron chi connectivity index (χ1n) is 7.27. The van der Waals surface area contributed by atoms with E-state index in [1.54, 1.807) is 0 Å². The molecule has 0 radical (unpaired) electrons. The maximum Gasteiger partial charge on any atom is 0.239 e. The van der Waals surface area contributed by atoms with E-state index >= 15 is 0 Å². The Bertz CT molecular complexity index is 392. The highest BCUT2D eigenvalue weighted by atomic mass is 16.2. The topological polar surface area (TPSA) is 49.6 Å². The highest BCUT2D eigenvalue weighted by Crippen LogP contribution is 2.05. The summed E-state index contributed by atoms with van der Waals surface area (Å²) in [4.78, 5) is 16.4. The molecule has 2 N–H and O–H groups in total. The van der Waals surface area contributed by atoms with Crippen LogP contribution in [-0.2, 0) is 11.2 Å². The van der Waals surface area contributed by atoms with E-state index in [4.69, 9.17) is 5.73 Å². The number of carbonyl (C=O) groups excluding carboxylic acids is 1. The Morgan fingerprint density at radius 1 is 1.15 bits per heavy atom. The van der Waals surface area contributed by atoms with Crippen molar-refractivity contribution < 1.29 is 4.79 Å².